The molecule has 1 rings (SSSR count). The molecule has 15 heavy (non-hydrogen) atoms. The van der Waals surface area contributed by atoms with E-state index in [0.29, 0.717) is 0 Å². The van der Waals surface area contributed by atoms with Crippen LogP contribution < -0.4 is 5.32 Å². The van der Waals surface area contributed by atoms with Crippen LogP contribution >= 0.6 is 0 Å². The summed E-state index contributed by atoms with van der Waals surface area (Å²) in [5, 5.41) is 3.38. The molecule has 0 heterocycles. The molecule has 84 valence electrons. The van der Waals surface area contributed by atoms with Crippen molar-refractivity contribution in [3.63, 3.8) is 0 Å². The third kappa shape index (κ3) is 4.00. The van der Waals surface area contributed by atoms with Gasteiger partial charge in [0.25, 0.3) is 0 Å². The summed E-state index contributed by atoms with van der Waals surface area (Å²) in [5.41, 5.74) is 0.869. The van der Waals surface area contributed by atoms with Crippen molar-refractivity contribution in [2.75, 3.05) is 6.54 Å². The third-order valence-corrected chi connectivity index (χ3v) is 2.37. The van der Waals surface area contributed by atoms with Crippen LogP contribution in [-0.2, 0) is 0 Å². The van der Waals surface area contributed by atoms with Gasteiger partial charge < -0.3 is 5.32 Å². The summed E-state index contributed by atoms with van der Waals surface area (Å²) in [7, 11) is 0. The molecule has 1 aromatic carbocycles. The first kappa shape index (κ1) is 12.2. The molecule has 1 atom stereocenters. The molecule has 0 aliphatic carbocycles. The monoisotopic (exact) mass is 209 g/mol. The van der Waals surface area contributed by atoms with Gasteiger partial charge in [-0.25, -0.2) is 4.39 Å². The second-order valence-electron chi connectivity index (χ2n) is 5.05. The van der Waals surface area contributed by atoms with Gasteiger partial charge in [0.05, 0.1) is 0 Å². The smallest absolute Gasteiger partial charge is 0.126 e. The minimum Gasteiger partial charge on any atom is -0.311 e. The fourth-order valence-electron chi connectivity index (χ4n) is 1.44. The first-order valence-electron chi connectivity index (χ1n) is 5.39. The zero-order valence-electron chi connectivity index (χ0n) is 9.97. The number of hydrogen-bond donors (Lipinski definition) is 1. The van der Waals surface area contributed by atoms with Crippen LogP contribution in [0, 0.1) is 5.82 Å². The van der Waals surface area contributed by atoms with Gasteiger partial charge in [-0.15, -0.1) is 0 Å². The minimum atomic E-state index is -0.110. The van der Waals surface area contributed by atoms with Crippen molar-refractivity contribution in [3.8, 4) is 0 Å². The van der Waals surface area contributed by atoms with Gasteiger partial charge in [0.1, 0.15) is 5.82 Å². The van der Waals surface area contributed by atoms with Gasteiger partial charge >= 0.3 is 0 Å². The van der Waals surface area contributed by atoms with Crippen molar-refractivity contribution in [3.05, 3.63) is 35.6 Å². The summed E-state index contributed by atoms with van der Waals surface area (Å²) < 4.78 is 13.4. The topological polar surface area (TPSA) is 12.0 Å². The molecule has 1 unspecified atom stereocenters. The van der Waals surface area contributed by atoms with Crippen molar-refractivity contribution >= 4 is 0 Å². The second-order valence-corrected chi connectivity index (χ2v) is 5.05. The Morgan fingerprint density at radius 2 is 1.87 bits per heavy atom. The van der Waals surface area contributed by atoms with Gasteiger partial charge in [0.15, 0.2) is 0 Å². The number of rotatable bonds is 3. The molecule has 0 fully saturated rings. The van der Waals surface area contributed by atoms with E-state index < -0.39 is 0 Å². The molecular formula is C13H20FN. The van der Waals surface area contributed by atoms with E-state index in [9.17, 15) is 4.39 Å². The van der Waals surface area contributed by atoms with Crippen LogP contribution in [0.4, 0.5) is 4.39 Å². The molecule has 0 bridgehead atoms. The van der Waals surface area contributed by atoms with E-state index in [-0.39, 0.29) is 17.3 Å². The molecular weight excluding hydrogens is 189 g/mol. The second kappa shape index (κ2) is 4.75. The largest absolute Gasteiger partial charge is 0.311 e. The van der Waals surface area contributed by atoms with Crippen LogP contribution in [0.1, 0.15) is 39.2 Å². The average molecular weight is 209 g/mol. The van der Waals surface area contributed by atoms with Crippen molar-refractivity contribution in [1.29, 1.82) is 0 Å². The lowest BCUT2D eigenvalue weighted by molar-refractivity contribution is 0.409. The Balaban J connectivity index is 2.62. The van der Waals surface area contributed by atoms with E-state index in [2.05, 4.69) is 26.1 Å². The standard InChI is InChI=1S/C13H20FN/c1-10(9-15-13(2,3)4)11-7-5-6-8-12(11)14/h5-8,10,15H,9H2,1-4H3. The Morgan fingerprint density at radius 1 is 1.27 bits per heavy atom. The Bertz CT molecular complexity index is 315. The summed E-state index contributed by atoms with van der Waals surface area (Å²) >= 11 is 0. The Hall–Kier alpha value is -0.890. The Labute approximate surface area is 91.7 Å². The van der Waals surface area contributed by atoms with Gasteiger partial charge in [-0.1, -0.05) is 25.1 Å². The van der Waals surface area contributed by atoms with E-state index in [4.69, 9.17) is 0 Å². The van der Waals surface area contributed by atoms with Gasteiger partial charge in [-0.3, -0.25) is 0 Å². The number of benzene rings is 1. The van der Waals surface area contributed by atoms with Crippen LogP contribution in [0.5, 0.6) is 0 Å². The Kier molecular flexibility index (Phi) is 3.86. The third-order valence-electron chi connectivity index (χ3n) is 2.37. The zero-order valence-corrected chi connectivity index (χ0v) is 9.97. The van der Waals surface area contributed by atoms with E-state index in [0.717, 1.165) is 12.1 Å². The lowest BCUT2D eigenvalue weighted by Crippen LogP contribution is -2.38. The number of nitrogens with one attached hydrogen (secondary N) is 1. The van der Waals surface area contributed by atoms with E-state index in [1.807, 2.05) is 19.1 Å². The fraction of sp³-hybridized carbons (Fsp3) is 0.538. The summed E-state index contributed by atoms with van der Waals surface area (Å²) in [6.45, 7) is 9.17. The highest BCUT2D eigenvalue weighted by Gasteiger charge is 2.14. The van der Waals surface area contributed by atoms with Gasteiger partial charge in [-0.2, -0.15) is 0 Å². The van der Waals surface area contributed by atoms with Crippen LogP contribution in [0.3, 0.4) is 0 Å². The molecule has 0 amide bonds. The normalized spacial score (nSPS) is 13.9. The molecule has 0 radical (unpaired) electrons. The molecule has 2 heteroatoms. The van der Waals surface area contributed by atoms with Gasteiger partial charge in [0, 0.05) is 12.1 Å². The predicted molar refractivity (Wildman–Crippen MR) is 62.6 cm³/mol. The highest BCUT2D eigenvalue weighted by Crippen LogP contribution is 2.18. The van der Waals surface area contributed by atoms with Crippen LogP contribution in [-0.4, -0.2) is 12.1 Å². The lowest BCUT2D eigenvalue weighted by Gasteiger charge is -2.23. The highest BCUT2D eigenvalue weighted by molar-refractivity contribution is 5.21. The highest BCUT2D eigenvalue weighted by atomic mass is 19.1. The molecule has 0 saturated carbocycles. The predicted octanol–water partition coefficient (Wildman–Crippen LogP) is 3.32. The quantitative estimate of drug-likeness (QED) is 0.805. The van der Waals surface area contributed by atoms with Crippen LogP contribution in [0.25, 0.3) is 0 Å². The van der Waals surface area contributed by atoms with Crippen LogP contribution in [0.2, 0.25) is 0 Å². The van der Waals surface area contributed by atoms with E-state index in [1.54, 1.807) is 6.07 Å². The zero-order chi connectivity index (χ0) is 11.5. The molecule has 0 saturated heterocycles. The van der Waals surface area contributed by atoms with E-state index in [1.165, 1.54) is 6.07 Å². The molecule has 0 aromatic heterocycles. The van der Waals surface area contributed by atoms with Gasteiger partial charge in [-0.05, 0) is 38.3 Å². The maximum Gasteiger partial charge on any atom is 0.126 e. The lowest BCUT2D eigenvalue weighted by atomic mass is 9.99. The number of halogens is 1. The molecule has 0 spiro atoms. The van der Waals surface area contributed by atoms with Crippen molar-refractivity contribution in [2.24, 2.45) is 0 Å². The summed E-state index contributed by atoms with van der Waals surface area (Å²) in [6.07, 6.45) is 0. The molecule has 0 aliphatic rings. The molecule has 1 nitrogen and oxygen atoms in total. The SMILES string of the molecule is CC(CNC(C)(C)C)c1ccccc1F. The maximum absolute atomic E-state index is 13.4. The van der Waals surface area contributed by atoms with Crippen molar-refractivity contribution < 1.29 is 4.39 Å². The van der Waals surface area contributed by atoms with Crippen LogP contribution in [0.15, 0.2) is 24.3 Å². The summed E-state index contributed by atoms with van der Waals surface area (Å²) in [4.78, 5) is 0. The minimum absolute atomic E-state index is 0.0829. The molecule has 0 aliphatic heterocycles. The average Bonchev–Trinajstić information content (AvgIpc) is 2.14. The number of hydrogen-bond acceptors (Lipinski definition) is 1. The first-order chi connectivity index (χ1) is 6.90. The first-order valence-corrected chi connectivity index (χ1v) is 5.39. The molecule has 1 aromatic rings. The maximum atomic E-state index is 13.4. The van der Waals surface area contributed by atoms with Crippen molar-refractivity contribution in [1.82, 2.24) is 5.32 Å². The van der Waals surface area contributed by atoms with Crippen molar-refractivity contribution in [2.45, 2.75) is 39.2 Å². The Morgan fingerprint density at radius 3 is 2.40 bits per heavy atom. The van der Waals surface area contributed by atoms with Gasteiger partial charge in [0.2, 0.25) is 0 Å². The summed E-state index contributed by atoms with van der Waals surface area (Å²) in [6, 6.07) is 6.97. The fourth-order valence-corrected chi connectivity index (χ4v) is 1.44. The van der Waals surface area contributed by atoms with E-state index >= 15 is 0 Å². The molecule has 1 N–H and O–H groups in total. The summed E-state index contributed by atoms with van der Waals surface area (Å²) in [5.74, 6) is 0.0890.